The van der Waals surface area contributed by atoms with Crippen molar-refractivity contribution in [1.29, 1.82) is 0 Å². The van der Waals surface area contributed by atoms with Gasteiger partial charge in [0.15, 0.2) is 5.82 Å². The third kappa shape index (κ3) is 4.76. The number of carbonyl (C=O) groups excluding carboxylic acids is 1. The molecule has 1 amide bonds. The second kappa shape index (κ2) is 7.44. The minimum Gasteiger partial charge on any atom is -0.343 e. The van der Waals surface area contributed by atoms with Crippen LogP contribution in [0, 0.1) is 5.82 Å². The summed E-state index contributed by atoms with van der Waals surface area (Å²) in [7, 11) is -3.69. The number of carbonyl (C=O) groups is 1. The first-order valence-corrected chi connectivity index (χ1v) is 9.06. The van der Waals surface area contributed by atoms with Gasteiger partial charge in [0.05, 0.1) is 0 Å². The van der Waals surface area contributed by atoms with Crippen LogP contribution < -0.4 is 10.0 Å². The van der Waals surface area contributed by atoms with Crippen molar-refractivity contribution in [1.82, 2.24) is 14.3 Å². The molecule has 0 saturated carbocycles. The summed E-state index contributed by atoms with van der Waals surface area (Å²) in [5, 5.41) is 2.34. The lowest BCUT2D eigenvalue weighted by Crippen LogP contribution is -2.43. The van der Waals surface area contributed by atoms with E-state index in [4.69, 9.17) is 11.6 Å². The number of aryl methyl sites for hydroxylation is 1. The molecule has 2 N–H and O–H groups in total. The van der Waals surface area contributed by atoms with Gasteiger partial charge in [-0.3, -0.25) is 4.79 Å². The Bertz CT molecular complexity index is 975. The van der Waals surface area contributed by atoms with E-state index in [0.717, 1.165) is 4.57 Å². The summed E-state index contributed by atoms with van der Waals surface area (Å²) in [5.41, 5.74) is -0.531. The van der Waals surface area contributed by atoms with Crippen LogP contribution in [0.5, 0.6) is 0 Å². The van der Waals surface area contributed by atoms with E-state index < -0.39 is 44.6 Å². The van der Waals surface area contributed by atoms with Crippen LogP contribution in [0.1, 0.15) is 17.4 Å². The van der Waals surface area contributed by atoms with Crippen molar-refractivity contribution in [2.45, 2.75) is 24.0 Å². The molecule has 0 fully saturated rings. The molecule has 0 aliphatic rings. The quantitative estimate of drug-likeness (QED) is 0.565. The zero-order chi connectivity index (χ0) is 20.6. The Morgan fingerprint density at radius 1 is 1.37 bits per heavy atom. The number of anilines is 1. The number of nitrogens with one attached hydrogen (secondary N) is 2. The molecule has 2 aromatic rings. The largest absolute Gasteiger partial charge is 0.404 e. The summed E-state index contributed by atoms with van der Waals surface area (Å²) in [6.07, 6.45) is -2.88. The van der Waals surface area contributed by atoms with Gasteiger partial charge in [0, 0.05) is 25.1 Å². The van der Waals surface area contributed by atoms with E-state index >= 15 is 0 Å². The van der Waals surface area contributed by atoms with Crippen LogP contribution in [0.2, 0.25) is 5.15 Å². The second-order valence-corrected chi connectivity index (χ2v) is 7.54. The van der Waals surface area contributed by atoms with Gasteiger partial charge in [-0.05, 0) is 19.1 Å². The highest BCUT2D eigenvalue weighted by atomic mass is 35.5. The Hall–Kier alpha value is -2.18. The Balaban J connectivity index is 2.34. The summed E-state index contributed by atoms with van der Waals surface area (Å²) >= 11 is 5.66. The van der Waals surface area contributed by atoms with Gasteiger partial charge in [0.1, 0.15) is 21.8 Å². The number of hydrogen-bond acceptors (Lipinski definition) is 4. The number of aromatic nitrogens is 2. The van der Waals surface area contributed by atoms with E-state index in [0.29, 0.717) is 13.1 Å². The van der Waals surface area contributed by atoms with Crippen LogP contribution in [-0.2, 0) is 17.1 Å². The zero-order valence-electron chi connectivity index (χ0n) is 13.8. The van der Waals surface area contributed by atoms with Crippen molar-refractivity contribution in [2.24, 2.45) is 7.05 Å². The highest BCUT2D eigenvalue weighted by Crippen LogP contribution is 2.25. The van der Waals surface area contributed by atoms with Gasteiger partial charge < -0.3 is 9.88 Å². The third-order valence-corrected chi connectivity index (χ3v) is 5.13. The molecular formula is C14H13ClF4N4O3S. The van der Waals surface area contributed by atoms with Crippen LogP contribution in [0.4, 0.5) is 23.2 Å². The van der Waals surface area contributed by atoms with Crippen molar-refractivity contribution in [3.05, 3.63) is 41.2 Å². The minimum absolute atomic E-state index is 0.0498. The zero-order valence-corrected chi connectivity index (χ0v) is 15.4. The lowest BCUT2D eigenvalue weighted by molar-refractivity contribution is -0.147. The molecule has 0 unspecified atom stereocenters. The molecule has 1 atom stereocenters. The average Bonchev–Trinajstić information content (AvgIpc) is 2.81. The first-order valence-electron chi connectivity index (χ1n) is 7.19. The fourth-order valence-corrected chi connectivity index (χ4v) is 3.58. The van der Waals surface area contributed by atoms with E-state index in [1.54, 1.807) is 0 Å². The van der Waals surface area contributed by atoms with Gasteiger partial charge in [-0.2, -0.15) is 17.9 Å². The van der Waals surface area contributed by atoms with Crippen molar-refractivity contribution >= 4 is 33.2 Å². The molecule has 0 aliphatic carbocycles. The lowest BCUT2D eigenvalue weighted by atomic mass is 10.3. The predicted octanol–water partition coefficient (Wildman–Crippen LogP) is 2.69. The Labute approximate surface area is 156 Å². The normalized spacial score (nSPS) is 13.4. The monoisotopic (exact) mass is 428 g/mol. The van der Waals surface area contributed by atoms with Crippen molar-refractivity contribution in [3.63, 3.8) is 0 Å². The molecule has 148 valence electrons. The van der Waals surface area contributed by atoms with Gasteiger partial charge in [0.25, 0.3) is 5.91 Å². The first kappa shape index (κ1) is 21.1. The van der Waals surface area contributed by atoms with Crippen LogP contribution >= 0.6 is 11.6 Å². The Kier molecular flexibility index (Phi) is 5.82. The molecule has 0 aromatic carbocycles. The second-order valence-electron chi connectivity index (χ2n) is 5.47. The highest BCUT2D eigenvalue weighted by molar-refractivity contribution is 7.89. The van der Waals surface area contributed by atoms with Crippen molar-refractivity contribution in [3.8, 4) is 0 Å². The molecule has 27 heavy (non-hydrogen) atoms. The lowest BCUT2D eigenvalue weighted by Gasteiger charge is -2.16. The fourth-order valence-electron chi connectivity index (χ4n) is 2.05. The number of hydrogen-bond donors (Lipinski definition) is 2. The van der Waals surface area contributed by atoms with Crippen LogP contribution in [0.3, 0.4) is 0 Å². The van der Waals surface area contributed by atoms with Gasteiger partial charge in [-0.1, -0.05) is 11.6 Å². The molecule has 0 bridgehead atoms. The number of amides is 1. The number of pyridine rings is 1. The minimum atomic E-state index is -4.87. The SMILES string of the molecule is C[C@@H](NS(=O)(=O)c1cn(C)c(C(=O)Nc2ccnc(Cl)c2)c1F)C(F)(F)F. The number of rotatable bonds is 5. The summed E-state index contributed by atoms with van der Waals surface area (Å²) in [4.78, 5) is 14.9. The third-order valence-electron chi connectivity index (χ3n) is 3.40. The van der Waals surface area contributed by atoms with E-state index in [2.05, 4.69) is 10.3 Å². The maximum absolute atomic E-state index is 14.5. The molecule has 2 rings (SSSR count). The first-order chi connectivity index (χ1) is 12.3. The summed E-state index contributed by atoms with van der Waals surface area (Å²) in [6.45, 7) is 0.569. The van der Waals surface area contributed by atoms with Crippen LogP contribution in [0.15, 0.2) is 29.4 Å². The topological polar surface area (TPSA) is 93.1 Å². The van der Waals surface area contributed by atoms with Crippen LogP contribution in [0.25, 0.3) is 0 Å². The van der Waals surface area contributed by atoms with Crippen LogP contribution in [-0.4, -0.2) is 36.1 Å². The standard InChI is InChI=1S/C14H13ClF4N4O3S/c1-7(14(17,18)19)22-27(25,26)9-6-23(2)12(11(9)16)13(24)21-8-3-4-20-10(15)5-8/h3-7,22H,1-2H3,(H,20,21,24)/t7-/m1/s1. The molecule has 2 aromatic heterocycles. The molecular weight excluding hydrogens is 416 g/mol. The summed E-state index contributed by atoms with van der Waals surface area (Å²) in [6, 6.07) is 0.178. The molecule has 2 heterocycles. The number of nitrogens with zero attached hydrogens (tertiary/aromatic N) is 2. The molecule has 13 heteroatoms. The van der Waals surface area contributed by atoms with E-state index in [-0.39, 0.29) is 10.8 Å². The smallest absolute Gasteiger partial charge is 0.343 e. The highest BCUT2D eigenvalue weighted by Gasteiger charge is 2.40. The average molecular weight is 429 g/mol. The van der Waals surface area contributed by atoms with Gasteiger partial charge >= 0.3 is 6.18 Å². The molecule has 7 nitrogen and oxygen atoms in total. The maximum atomic E-state index is 14.5. The van der Waals surface area contributed by atoms with Gasteiger partial charge in [0.2, 0.25) is 10.0 Å². The number of halogens is 5. The molecule has 0 radical (unpaired) electrons. The Morgan fingerprint density at radius 2 is 2.00 bits per heavy atom. The summed E-state index contributed by atoms with van der Waals surface area (Å²) in [5.74, 6) is -2.51. The fraction of sp³-hybridized carbons (Fsp3) is 0.286. The molecule has 0 spiro atoms. The van der Waals surface area contributed by atoms with E-state index in [1.165, 1.54) is 30.1 Å². The van der Waals surface area contributed by atoms with Crippen molar-refractivity contribution < 1.29 is 30.8 Å². The van der Waals surface area contributed by atoms with Gasteiger partial charge in [-0.15, -0.1) is 0 Å². The molecule has 0 saturated heterocycles. The number of alkyl halides is 3. The Morgan fingerprint density at radius 3 is 2.56 bits per heavy atom. The van der Waals surface area contributed by atoms with Crippen molar-refractivity contribution in [2.75, 3.05) is 5.32 Å². The summed E-state index contributed by atoms with van der Waals surface area (Å²) < 4.78 is 78.6. The van der Waals surface area contributed by atoms with Gasteiger partial charge in [-0.25, -0.2) is 17.8 Å². The maximum Gasteiger partial charge on any atom is 0.404 e. The predicted molar refractivity (Wildman–Crippen MR) is 88.4 cm³/mol. The number of sulfonamides is 1. The molecule has 0 aliphatic heterocycles. The van der Waals surface area contributed by atoms with E-state index in [9.17, 15) is 30.8 Å². The van der Waals surface area contributed by atoms with E-state index in [1.807, 2.05) is 0 Å².